The minimum atomic E-state index is 1.12. The van der Waals surface area contributed by atoms with Gasteiger partial charge in [-0.1, -0.05) is 30.3 Å². The molecular formula is C16H16. The molecule has 0 atom stereocenters. The minimum Gasteiger partial charge on any atom is -0.0614 e. The normalized spacial score (nSPS) is 12.4. The molecule has 0 saturated carbocycles. The van der Waals surface area contributed by atoms with Gasteiger partial charge in [-0.25, -0.2) is 0 Å². The third kappa shape index (κ3) is 1.16. The molecule has 0 saturated heterocycles. The van der Waals surface area contributed by atoms with Crippen molar-refractivity contribution < 1.29 is 0 Å². The van der Waals surface area contributed by atoms with Crippen molar-refractivity contribution in [1.29, 1.82) is 0 Å². The molecule has 2 aromatic carbocycles. The van der Waals surface area contributed by atoms with Crippen molar-refractivity contribution in [1.82, 2.24) is 0 Å². The van der Waals surface area contributed by atoms with Crippen molar-refractivity contribution in [2.45, 2.75) is 27.2 Å². The first-order valence-corrected chi connectivity index (χ1v) is 5.86. The quantitative estimate of drug-likeness (QED) is 0.520. The molecule has 0 nitrogen and oxygen atoms in total. The third-order valence-electron chi connectivity index (χ3n) is 3.92. The lowest BCUT2D eigenvalue weighted by Crippen LogP contribution is -1.90. The number of aryl methyl sites for hydroxylation is 2. The molecule has 1 aliphatic rings. The van der Waals surface area contributed by atoms with Crippen LogP contribution in [0.4, 0.5) is 0 Å². The first-order chi connectivity index (χ1) is 7.68. The molecule has 0 aliphatic heterocycles. The summed E-state index contributed by atoms with van der Waals surface area (Å²) < 4.78 is 0. The Bertz CT molecular complexity index is 577. The van der Waals surface area contributed by atoms with E-state index in [1.807, 2.05) is 0 Å². The molecule has 16 heavy (non-hydrogen) atoms. The molecule has 0 bridgehead atoms. The van der Waals surface area contributed by atoms with Crippen LogP contribution in [0.5, 0.6) is 0 Å². The van der Waals surface area contributed by atoms with E-state index in [1.54, 1.807) is 0 Å². The van der Waals surface area contributed by atoms with Crippen LogP contribution in [-0.2, 0) is 6.42 Å². The number of benzene rings is 2. The van der Waals surface area contributed by atoms with E-state index in [0.29, 0.717) is 0 Å². The predicted octanol–water partition coefficient (Wildman–Crippen LogP) is 4.18. The molecule has 0 fully saturated rings. The van der Waals surface area contributed by atoms with Gasteiger partial charge < -0.3 is 0 Å². The van der Waals surface area contributed by atoms with Gasteiger partial charge in [-0.15, -0.1) is 0 Å². The number of rotatable bonds is 0. The Kier molecular flexibility index (Phi) is 1.94. The fourth-order valence-electron chi connectivity index (χ4n) is 2.72. The average Bonchev–Trinajstić information content (AvgIpc) is 2.65. The van der Waals surface area contributed by atoms with Crippen molar-refractivity contribution in [3.05, 3.63) is 58.1 Å². The predicted molar refractivity (Wildman–Crippen MR) is 68.9 cm³/mol. The summed E-state index contributed by atoms with van der Waals surface area (Å²) in [5.74, 6) is 0. The van der Waals surface area contributed by atoms with Crippen LogP contribution in [0.25, 0.3) is 11.1 Å². The highest BCUT2D eigenvalue weighted by atomic mass is 14.2. The van der Waals surface area contributed by atoms with Gasteiger partial charge in [-0.3, -0.25) is 0 Å². The van der Waals surface area contributed by atoms with Crippen molar-refractivity contribution >= 4 is 0 Å². The maximum absolute atomic E-state index is 2.28. The second-order valence-corrected chi connectivity index (χ2v) is 4.81. The summed E-state index contributed by atoms with van der Waals surface area (Å²) in [5, 5.41) is 0. The van der Waals surface area contributed by atoms with Gasteiger partial charge in [0.05, 0.1) is 0 Å². The number of hydrogen-bond donors (Lipinski definition) is 0. The zero-order chi connectivity index (χ0) is 11.3. The summed E-state index contributed by atoms with van der Waals surface area (Å²) in [6.45, 7) is 6.66. The first-order valence-electron chi connectivity index (χ1n) is 5.86. The van der Waals surface area contributed by atoms with Crippen LogP contribution in [0.1, 0.15) is 27.8 Å². The topological polar surface area (TPSA) is 0 Å². The Morgan fingerprint density at radius 3 is 2.31 bits per heavy atom. The molecule has 0 radical (unpaired) electrons. The summed E-state index contributed by atoms with van der Waals surface area (Å²) in [6, 6.07) is 11.2. The Hall–Kier alpha value is -1.56. The largest absolute Gasteiger partial charge is 0.0614 e. The van der Waals surface area contributed by atoms with E-state index in [-0.39, 0.29) is 0 Å². The zero-order valence-corrected chi connectivity index (χ0v) is 10.1. The maximum Gasteiger partial charge on any atom is -0.000810 e. The molecule has 2 aromatic rings. The minimum absolute atomic E-state index is 1.12. The van der Waals surface area contributed by atoms with Crippen LogP contribution in [0.15, 0.2) is 30.3 Å². The van der Waals surface area contributed by atoms with Gasteiger partial charge in [-0.2, -0.15) is 0 Å². The molecule has 0 aromatic heterocycles. The molecule has 0 spiro atoms. The van der Waals surface area contributed by atoms with Crippen molar-refractivity contribution in [3.63, 3.8) is 0 Å². The van der Waals surface area contributed by atoms with Crippen molar-refractivity contribution in [3.8, 4) is 11.1 Å². The standard InChI is InChI=1S/C16H16/c1-10-7-8-14-13-6-4-5-11(2)15(13)9-16(14)12(10)3/h4-8H,9H2,1-3H3. The smallest absolute Gasteiger partial charge is 0.000810 e. The third-order valence-corrected chi connectivity index (χ3v) is 3.92. The van der Waals surface area contributed by atoms with Crippen LogP contribution in [0.3, 0.4) is 0 Å². The fourth-order valence-corrected chi connectivity index (χ4v) is 2.72. The van der Waals surface area contributed by atoms with E-state index < -0.39 is 0 Å². The second kappa shape index (κ2) is 3.21. The summed E-state index contributed by atoms with van der Waals surface area (Å²) in [7, 11) is 0. The van der Waals surface area contributed by atoms with Gasteiger partial charge in [0.1, 0.15) is 0 Å². The van der Waals surface area contributed by atoms with Crippen LogP contribution in [0.2, 0.25) is 0 Å². The van der Waals surface area contributed by atoms with Crippen molar-refractivity contribution in [2.24, 2.45) is 0 Å². The maximum atomic E-state index is 2.28. The Morgan fingerprint density at radius 2 is 1.50 bits per heavy atom. The molecule has 80 valence electrons. The van der Waals surface area contributed by atoms with Crippen LogP contribution in [0, 0.1) is 20.8 Å². The van der Waals surface area contributed by atoms with Gasteiger partial charge in [0.2, 0.25) is 0 Å². The first kappa shape index (κ1) is 9.65. The lowest BCUT2D eigenvalue weighted by molar-refractivity contribution is 1.17. The van der Waals surface area contributed by atoms with Crippen LogP contribution in [-0.4, -0.2) is 0 Å². The monoisotopic (exact) mass is 208 g/mol. The zero-order valence-electron chi connectivity index (χ0n) is 10.1. The SMILES string of the molecule is Cc1ccc2c(c1C)Cc1c(C)cccc1-2. The average molecular weight is 208 g/mol. The molecular weight excluding hydrogens is 192 g/mol. The molecule has 0 amide bonds. The summed E-state index contributed by atoms with van der Waals surface area (Å²) in [4.78, 5) is 0. The Labute approximate surface area is 96.9 Å². The van der Waals surface area contributed by atoms with E-state index in [4.69, 9.17) is 0 Å². The molecule has 1 aliphatic carbocycles. The number of fused-ring (bicyclic) bond motifs is 3. The van der Waals surface area contributed by atoms with Gasteiger partial charge in [0, 0.05) is 0 Å². The summed E-state index contributed by atoms with van der Waals surface area (Å²) in [6.07, 6.45) is 1.12. The lowest BCUT2D eigenvalue weighted by atomic mass is 9.98. The summed E-state index contributed by atoms with van der Waals surface area (Å²) >= 11 is 0. The van der Waals surface area contributed by atoms with E-state index in [1.165, 1.54) is 38.9 Å². The molecule has 0 unspecified atom stereocenters. The van der Waals surface area contributed by atoms with Crippen LogP contribution >= 0.6 is 0 Å². The van der Waals surface area contributed by atoms with Gasteiger partial charge in [-0.05, 0) is 66.1 Å². The highest BCUT2D eigenvalue weighted by Gasteiger charge is 2.21. The van der Waals surface area contributed by atoms with E-state index in [2.05, 4.69) is 51.1 Å². The van der Waals surface area contributed by atoms with E-state index in [9.17, 15) is 0 Å². The number of hydrogen-bond acceptors (Lipinski definition) is 0. The molecule has 0 heteroatoms. The fraction of sp³-hybridized carbons (Fsp3) is 0.250. The highest BCUT2D eigenvalue weighted by molar-refractivity contribution is 5.79. The molecule has 3 rings (SSSR count). The Morgan fingerprint density at radius 1 is 0.750 bits per heavy atom. The van der Waals surface area contributed by atoms with Gasteiger partial charge >= 0.3 is 0 Å². The molecule has 0 N–H and O–H groups in total. The lowest BCUT2D eigenvalue weighted by Gasteiger charge is -2.07. The van der Waals surface area contributed by atoms with Gasteiger partial charge in [0.15, 0.2) is 0 Å². The van der Waals surface area contributed by atoms with E-state index in [0.717, 1.165) is 6.42 Å². The summed E-state index contributed by atoms with van der Waals surface area (Å²) in [5.41, 5.74) is 10.2. The molecule has 0 heterocycles. The van der Waals surface area contributed by atoms with E-state index >= 15 is 0 Å². The Balaban J connectivity index is 2.32. The van der Waals surface area contributed by atoms with Crippen molar-refractivity contribution in [2.75, 3.05) is 0 Å². The highest BCUT2D eigenvalue weighted by Crippen LogP contribution is 2.40. The van der Waals surface area contributed by atoms with Crippen LogP contribution < -0.4 is 0 Å². The second-order valence-electron chi connectivity index (χ2n) is 4.81. The van der Waals surface area contributed by atoms with Gasteiger partial charge in [0.25, 0.3) is 0 Å².